The van der Waals surface area contributed by atoms with Crippen molar-refractivity contribution in [1.29, 1.82) is 0 Å². The predicted octanol–water partition coefficient (Wildman–Crippen LogP) is 3.11. The molecule has 98 valence electrons. The van der Waals surface area contributed by atoms with Gasteiger partial charge in [0, 0.05) is 11.7 Å². The minimum absolute atomic E-state index is 0.188. The summed E-state index contributed by atoms with van der Waals surface area (Å²) in [6.45, 7) is 7.73. The van der Waals surface area contributed by atoms with Gasteiger partial charge in [-0.2, -0.15) is 0 Å². The molecule has 1 heterocycles. The topological polar surface area (TPSA) is 62.2 Å². The van der Waals surface area contributed by atoms with Crippen LogP contribution in [0.25, 0.3) is 0 Å². The van der Waals surface area contributed by atoms with Gasteiger partial charge in [-0.05, 0) is 31.9 Å². The molecule has 1 atom stereocenters. The van der Waals surface area contributed by atoms with Crippen LogP contribution in [0, 0.1) is 0 Å². The zero-order chi connectivity index (χ0) is 13.5. The third-order valence-electron chi connectivity index (χ3n) is 2.55. The fourth-order valence-corrected chi connectivity index (χ4v) is 1.73. The molecular weight excluding hydrogens is 228 g/mol. The lowest BCUT2D eigenvalue weighted by atomic mass is 10.1. The summed E-state index contributed by atoms with van der Waals surface area (Å²) in [5.74, 6) is -0.304. The first-order valence-corrected chi connectivity index (χ1v) is 6.18. The fraction of sp³-hybridized carbons (Fsp3) is 0.429. The number of pyridine rings is 1. The molecule has 0 bridgehead atoms. The largest absolute Gasteiger partial charge is 0.478 e. The summed E-state index contributed by atoms with van der Waals surface area (Å²) in [6.07, 6.45) is 4.36. The normalized spacial score (nSPS) is 11.9. The first-order chi connectivity index (χ1) is 8.56. The van der Waals surface area contributed by atoms with Gasteiger partial charge in [0.1, 0.15) is 5.82 Å². The van der Waals surface area contributed by atoms with Gasteiger partial charge in [-0.3, -0.25) is 0 Å². The Balaban J connectivity index is 2.95. The van der Waals surface area contributed by atoms with Crippen LogP contribution in [0.15, 0.2) is 24.8 Å². The van der Waals surface area contributed by atoms with Gasteiger partial charge in [0.15, 0.2) is 0 Å². The average molecular weight is 248 g/mol. The molecule has 0 amide bonds. The van der Waals surface area contributed by atoms with Gasteiger partial charge in [0.25, 0.3) is 0 Å². The average Bonchev–Trinajstić information content (AvgIpc) is 2.29. The molecule has 0 radical (unpaired) electrons. The van der Waals surface area contributed by atoms with E-state index in [4.69, 9.17) is 5.11 Å². The number of carbonyl (C=O) groups is 1. The Bertz CT molecular complexity index is 430. The molecule has 4 nitrogen and oxygen atoms in total. The Morgan fingerprint density at radius 2 is 2.33 bits per heavy atom. The Morgan fingerprint density at radius 1 is 1.61 bits per heavy atom. The second kappa shape index (κ2) is 6.79. The number of rotatable bonds is 7. The molecule has 0 spiro atoms. The summed E-state index contributed by atoms with van der Waals surface area (Å²) in [4.78, 5) is 15.5. The summed E-state index contributed by atoms with van der Waals surface area (Å²) >= 11 is 0. The number of anilines is 1. The summed E-state index contributed by atoms with van der Waals surface area (Å²) in [5, 5.41) is 12.3. The number of aryl methyl sites for hydroxylation is 1. The molecule has 0 fully saturated rings. The lowest BCUT2D eigenvalue weighted by Gasteiger charge is -2.14. The van der Waals surface area contributed by atoms with Crippen molar-refractivity contribution in [2.24, 2.45) is 0 Å². The van der Waals surface area contributed by atoms with E-state index >= 15 is 0 Å². The molecule has 1 rings (SSSR count). The fourth-order valence-electron chi connectivity index (χ4n) is 1.73. The van der Waals surface area contributed by atoms with E-state index in [0.29, 0.717) is 5.82 Å². The van der Waals surface area contributed by atoms with Crippen LogP contribution < -0.4 is 5.32 Å². The molecule has 4 heteroatoms. The number of hydrogen-bond acceptors (Lipinski definition) is 3. The first kappa shape index (κ1) is 14.2. The smallest absolute Gasteiger partial charge is 0.335 e. The van der Waals surface area contributed by atoms with Gasteiger partial charge in [0.2, 0.25) is 0 Å². The van der Waals surface area contributed by atoms with Crippen LogP contribution >= 0.6 is 0 Å². The van der Waals surface area contributed by atoms with Crippen molar-refractivity contribution >= 4 is 11.8 Å². The highest BCUT2D eigenvalue weighted by Crippen LogP contribution is 2.14. The molecule has 0 saturated carbocycles. The molecule has 1 aromatic rings. The third kappa shape index (κ3) is 4.20. The number of nitrogens with one attached hydrogen (secondary N) is 1. The summed E-state index contributed by atoms with van der Waals surface area (Å²) in [6, 6.07) is 3.39. The maximum atomic E-state index is 11.0. The van der Waals surface area contributed by atoms with E-state index in [1.165, 1.54) is 0 Å². The van der Waals surface area contributed by atoms with Crippen molar-refractivity contribution in [3.05, 3.63) is 36.0 Å². The van der Waals surface area contributed by atoms with Gasteiger partial charge < -0.3 is 10.4 Å². The Hall–Kier alpha value is -1.84. The molecule has 1 unspecified atom stereocenters. The van der Waals surface area contributed by atoms with Crippen molar-refractivity contribution in [2.45, 2.75) is 39.2 Å². The van der Waals surface area contributed by atoms with Crippen LogP contribution in [0.2, 0.25) is 0 Å². The van der Waals surface area contributed by atoms with Crippen LogP contribution in [0.4, 0.5) is 5.82 Å². The molecular formula is C14H20N2O2. The highest BCUT2D eigenvalue weighted by atomic mass is 16.4. The highest BCUT2D eigenvalue weighted by molar-refractivity contribution is 5.88. The van der Waals surface area contributed by atoms with Gasteiger partial charge >= 0.3 is 5.97 Å². The van der Waals surface area contributed by atoms with Gasteiger partial charge in [-0.1, -0.05) is 19.4 Å². The van der Waals surface area contributed by atoms with E-state index in [-0.39, 0.29) is 11.6 Å². The number of hydrogen-bond donors (Lipinski definition) is 2. The number of aromatic carboxylic acids is 1. The number of carboxylic acids is 1. The van der Waals surface area contributed by atoms with Gasteiger partial charge in [-0.25, -0.2) is 9.78 Å². The van der Waals surface area contributed by atoms with Gasteiger partial charge in [-0.15, -0.1) is 6.58 Å². The van der Waals surface area contributed by atoms with E-state index in [2.05, 4.69) is 16.9 Å². The van der Waals surface area contributed by atoms with Crippen molar-refractivity contribution in [3.8, 4) is 0 Å². The van der Waals surface area contributed by atoms with Crippen LogP contribution in [-0.4, -0.2) is 22.1 Å². The maximum Gasteiger partial charge on any atom is 0.335 e. The maximum absolute atomic E-state index is 11.0. The lowest BCUT2D eigenvalue weighted by molar-refractivity contribution is 0.0696. The van der Waals surface area contributed by atoms with Crippen LogP contribution in [0.5, 0.6) is 0 Å². The van der Waals surface area contributed by atoms with E-state index in [1.807, 2.05) is 19.9 Å². The Morgan fingerprint density at radius 3 is 2.89 bits per heavy atom. The molecule has 18 heavy (non-hydrogen) atoms. The lowest BCUT2D eigenvalue weighted by Crippen LogP contribution is -2.16. The highest BCUT2D eigenvalue weighted by Gasteiger charge is 2.09. The van der Waals surface area contributed by atoms with E-state index < -0.39 is 5.97 Å². The van der Waals surface area contributed by atoms with Crippen LogP contribution in [0.1, 0.15) is 42.7 Å². The van der Waals surface area contributed by atoms with Crippen molar-refractivity contribution in [2.75, 3.05) is 5.32 Å². The molecule has 0 aliphatic rings. The van der Waals surface area contributed by atoms with E-state index in [1.54, 1.807) is 12.1 Å². The van der Waals surface area contributed by atoms with Crippen molar-refractivity contribution in [1.82, 2.24) is 4.98 Å². The molecule has 0 aromatic carbocycles. The third-order valence-corrected chi connectivity index (χ3v) is 2.55. The summed E-state index contributed by atoms with van der Waals surface area (Å²) in [7, 11) is 0. The van der Waals surface area contributed by atoms with Crippen molar-refractivity contribution < 1.29 is 9.90 Å². The summed E-state index contributed by atoms with van der Waals surface area (Å²) < 4.78 is 0. The Labute approximate surface area is 108 Å². The SMILES string of the molecule is C=CCC(C)Nc1cc(C(=O)O)cc(CCC)n1. The summed E-state index contributed by atoms with van der Waals surface area (Å²) in [5.41, 5.74) is 1.09. The minimum Gasteiger partial charge on any atom is -0.478 e. The van der Waals surface area contributed by atoms with Crippen LogP contribution in [-0.2, 0) is 6.42 Å². The molecule has 0 aliphatic heterocycles. The number of nitrogens with zero attached hydrogens (tertiary/aromatic N) is 1. The van der Waals surface area contributed by atoms with E-state index in [9.17, 15) is 4.79 Å². The monoisotopic (exact) mass is 248 g/mol. The van der Waals surface area contributed by atoms with Crippen molar-refractivity contribution in [3.63, 3.8) is 0 Å². The minimum atomic E-state index is -0.922. The van der Waals surface area contributed by atoms with Gasteiger partial charge in [0.05, 0.1) is 5.56 Å². The van der Waals surface area contributed by atoms with Crippen LogP contribution in [0.3, 0.4) is 0 Å². The molecule has 1 aromatic heterocycles. The zero-order valence-electron chi connectivity index (χ0n) is 10.9. The second-order valence-electron chi connectivity index (χ2n) is 4.36. The number of aromatic nitrogens is 1. The molecule has 0 aliphatic carbocycles. The number of carboxylic acid groups (broad SMARTS) is 1. The molecule has 2 N–H and O–H groups in total. The first-order valence-electron chi connectivity index (χ1n) is 6.18. The predicted molar refractivity (Wildman–Crippen MR) is 73.1 cm³/mol. The Kier molecular flexibility index (Phi) is 5.36. The second-order valence-corrected chi connectivity index (χ2v) is 4.36. The van der Waals surface area contributed by atoms with E-state index in [0.717, 1.165) is 25.0 Å². The molecule has 0 saturated heterocycles. The standard InChI is InChI=1S/C14H20N2O2/c1-4-6-10(3)15-13-9-11(14(17)18)8-12(16-13)7-5-2/h4,8-10H,1,5-7H2,2-3H3,(H,15,16)(H,17,18). The zero-order valence-corrected chi connectivity index (χ0v) is 10.9. The quantitative estimate of drug-likeness (QED) is 0.728.